The highest BCUT2D eigenvalue weighted by atomic mass is 16.2. The van der Waals surface area contributed by atoms with Crippen molar-refractivity contribution in [2.75, 3.05) is 0 Å². The molecule has 0 radical (unpaired) electrons. The maximum atomic E-state index is 12.5. The van der Waals surface area contributed by atoms with E-state index in [1.54, 1.807) is 18.5 Å². The first kappa shape index (κ1) is 14.0. The summed E-state index contributed by atoms with van der Waals surface area (Å²) < 4.78 is 0. The van der Waals surface area contributed by atoms with E-state index in [9.17, 15) is 4.79 Å². The average molecular weight is 261 g/mol. The van der Waals surface area contributed by atoms with Crippen LogP contribution in [0.5, 0.6) is 0 Å². The lowest BCUT2D eigenvalue weighted by Gasteiger charge is -2.39. The zero-order valence-electron chi connectivity index (χ0n) is 12.2. The number of nitrogens with one attached hydrogen (secondary N) is 1. The summed E-state index contributed by atoms with van der Waals surface area (Å²) in [7, 11) is 0. The van der Waals surface area contributed by atoms with Gasteiger partial charge in [-0.05, 0) is 30.2 Å². The molecule has 104 valence electrons. The van der Waals surface area contributed by atoms with Crippen molar-refractivity contribution < 1.29 is 4.79 Å². The van der Waals surface area contributed by atoms with E-state index in [0.29, 0.717) is 18.3 Å². The van der Waals surface area contributed by atoms with Crippen LogP contribution in [0, 0.1) is 16.7 Å². The van der Waals surface area contributed by atoms with E-state index >= 15 is 0 Å². The van der Waals surface area contributed by atoms with Gasteiger partial charge in [0.05, 0.1) is 12.0 Å². The molecule has 0 aromatic carbocycles. The molecule has 0 saturated heterocycles. The summed E-state index contributed by atoms with van der Waals surface area (Å²) in [6.45, 7) is 9.11. The van der Waals surface area contributed by atoms with Crippen molar-refractivity contribution >= 4 is 5.91 Å². The maximum absolute atomic E-state index is 12.5. The predicted octanol–water partition coefficient (Wildman–Crippen LogP) is 2.56. The molecule has 1 saturated carbocycles. The van der Waals surface area contributed by atoms with E-state index in [4.69, 9.17) is 0 Å². The van der Waals surface area contributed by atoms with Gasteiger partial charge in [0.15, 0.2) is 0 Å². The van der Waals surface area contributed by atoms with Gasteiger partial charge >= 0.3 is 0 Å². The first-order valence-electron chi connectivity index (χ1n) is 6.92. The third-order valence-electron chi connectivity index (χ3n) is 5.26. The summed E-state index contributed by atoms with van der Waals surface area (Å²) in [6, 6.07) is 1.77. The summed E-state index contributed by atoms with van der Waals surface area (Å²) >= 11 is 0. The van der Waals surface area contributed by atoms with Crippen LogP contribution in [0.25, 0.3) is 0 Å². The van der Waals surface area contributed by atoms with Gasteiger partial charge < -0.3 is 5.32 Å². The molecule has 0 bridgehead atoms. The van der Waals surface area contributed by atoms with Gasteiger partial charge in [-0.3, -0.25) is 4.79 Å². The standard InChI is InChI=1S/C15H23N3O/c1-11-6-7-15(4,14(11,2)3)13(19)18-10-12-16-8-5-9-17-12/h5,8-9,11H,6-7,10H2,1-4H3,(H,18,19)/t11-,15-/m0/s1. The molecule has 1 aromatic rings. The van der Waals surface area contributed by atoms with Crippen molar-refractivity contribution in [3.63, 3.8) is 0 Å². The number of amides is 1. The molecular formula is C15H23N3O. The fraction of sp³-hybridized carbons (Fsp3) is 0.667. The van der Waals surface area contributed by atoms with Crippen LogP contribution in [0.1, 0.15) is 46.4 Å². The lowest BCUT2D eigenvalue weighted by Crippen LogP contribution is -2.46. The van der Waals surface area contributed by atoms with Gasteiger partial charge in [0.1, 0.15) is 5.82 Å². The number of hydrogen-bond acceptors (Lipinski definition) is 3. The first-order valence-corrected chi connectivity index (χ1v) is 6.92. The van der Waals surface area contributed by atoms with Crippen LogP contribution in [0.3, 0.4) is 0 Å². The molecule has 1 aliphatic carbocycles. The highest BCUT2D eigenvalue weighted by molar-refractivity contribution is 5.83. The van der Waals surface area contributed by atoms with Gasteiger partial charge in [0.25, 0.3) is 0 Å². The zero-order chi connectivity index (χ0) is 14.1. The number of rotatable bonds is 3. The summed E-state index contributed by atoms with van der Waals surface area (Å²) in [5, 5.41) is 2.99. The lowest BCUT2D eigenvalue weighted by atomic mass is 9.65. The van der Waals surface area contributed by atoms with E-state index in [0.717, 1.165) is 12.8 Å². The first-order chi connectivity index (χ1) is 8.88. The Hall–Kier alpha value is -1.45. The Morgan fingerprint density at radius 3 is 2.53 bits per heavy atom. The SMILES string of the molecule is C[C@H]1CC[C@@](C)(C(=O)NCc2ncccn2)C1(C)C. The number of carbonyl (C=O) groups excluding carboxylic acids is 1. The zero-order valence-corrected chi connectivity index (χ0v) is 12.2. The molecule has 19 heavy (non-hydrogen) atoms. The predicted molar refractivity (Wildman–Crippen MR) is 74.2 cm³/mol. The second kappa shape index (κ2) is 4.91. The van der Waals surface area contributed by atoms with Gasteiger partial charge in [0, 0.05) is 12.4 Å². The third-order valence-corrected chi connectivity index (χ3v) is 5.26. The molecule has 2 rings (SSSR count). The van der Waals surface area contributed by atoms with Crippen LogP contribution in [-0.4, -0.2) is 15.9 Å². The van der Waals surface area contributed by atoms with Crippen LogP contribution in [0.15, 0.2) is 18.5 Å². The highest BCUT2D eigenvalue weighted by Gasteiger charge is 2.53. The fourth-order valence-corrected chi connectivity index (χ4v) is 2.91. The molecule has 0 aliphatic heterocycles. The molecule has 4 nitrogen and oxygen atoms in total. The smallest absolute Gasteiger partial charge is 0.226 e. The Labute approximate surface area is 115 Å². The second-order valence-electron chi connectivity index (χ2n) is 6.34. The van der Waals surface area contributed by atoms with E-state index in [1.807, 2.05) is 0 Å². The van der Waals surface area contributed by atoms with Gasteiger partial charge in [0.2, 0.25) is 5.91 Å². The van der Waals surface area contributed by atoms with Gasteiger partial charge in [-0.1, -0.05) is 27.7 Å². The molecule has 1 aliphatic rings. The highest BCUT2D eigenvalue weighted by Crippen LogP contribution is 2.55. The number of hydrogen-bond donors (Lipinski definition) is 1. The second-order valence-corrected chi connectivity index (χ2v) is 6.34. The minimum Gasteiger partial charge on any atom is -0.348 e. The molecule has 1 N–H and O–H groups in total. The van der Waals surface area contributed by atoms with Crippen molar-refractivity contribution in [3.8, 4) is 0 Å². The van der Waals surface area contributed by atoms with Crippen LogP contribution in [0.4, 0.5) is 0 Å². The topological polar surface area (TPSA) is 54.9 Å². The van der Waals surface area contributed by atoms with Gasteiger partial charge in [-0.15, -0.1) is 0 Å². The van der Waals surface area contributed by atoms with Crippen molar-refractivity contribution in [2.45, 2.75) is 47.1 Å². The Balaban J connectivity index is 2.04. The molecular weight excluding hydrogens is 238 g/mol. The maximum Gasteiger partial charge on any atom is 0.226 e. The number of carbonyl (C=O) groups is 1. The van der Waals surface area contributed by atoms with Crippen molar-refractivity contribution in [3.05, 3.63) is 24.3 Å². The fourth-order valence-electron chi connectivity index (χ4n) is 2.91. The Morgan fingerprint density at radius 1 is 1.37 bits per heavy atom. The summed E-state index contributed by atoms with van der Waals surface area (Å²) in [5.74, 6) is 1.34. The Kier molecular flexibility index (Phi) is 3.61. The number of nitrogens with zero attached hydrogens (tertiary/aromatic N) is 2. The molecule has 4 heteroatoms. The summed E-state index contributed by atoms with van der Waals surface area (Å²) in [5.41, 5.74) is -0.282. The Morgan fingerprint density at radius 2 is 2.00 bits per heavy atom. The van der Waals surface area contributed by atoms with Crippen LogP contribution < -0.4 is 5.32 Å². The van der Waals surface area contributed by atoms with Crippen molar-refractivity contribution in [2.24, 2.45) is 16.7 Å². The van der Waals surface area contributed by atoms with Crippen LogP contribution in [0.2, 0.25) is 0 Å². The quantitative estimate of drug-likeness (QED) is 0.909. The molecule has 1 aromatic heterocycles. The minimum absolute atomic E-state index is 0.0224. The normalized spacial score (nSPS) is 29.2. The lowest BCUT2D eigenvalue weighted by molar-refractivity contribution is -0.136. The van der Waals surface area contributed by atoms with Gasteiger partial charge in [-0.25, -0.2) is 9.97 Å². The molecule has 0 spiro atoms. The monoisotopic (exact) mass is 261 g/mol. The molecule has 1 heterocycles. The molecule has 0 unspecified atom stereocenters. The van der Waals surface area contributed by atoms with Crippen molar-refractivity contribution in [1.82, 2.24) is 15.3 Å². The van der Waals surface area contributed by atoms with E-state index in [2.05, 4.69) is 43.0 Å². The average Bonchev–Trinajstić information content (AvgIpc) is 2.62. The molecule has 1 amide bonds. The molecule has 2 atom stereocenters. The van der Waals surface area contributed by atoms with Crippen LogP contribution >= 0.6 is 0 Å². The van der Waals surface area contributed by atoms with E-state index in [1.165, 1.54) is 0 Å². The minimum atomic E-state index is -0.304. The summed E-state index contributed by atoms with van der Waals surface area (Å²) in [4.78, 5) is 20.8. The van der Waals surface area contributed by atoms with E-state index in [-0.39, 0.29) is 16.7 Å². The third kappa shape index (κ3) is 2.36. The number of aromatic nitrogens is 2. The Bertz CT molecular complexity index is 458. The van der Waals surface area contributed by atoms with Crippen LogP contribution in [-0.2, 0) is 11.3 Å². The van der Waals surface area contributed by atoms with E-state index < -0.39 is 0 Å². The molecule has 1 fully saturated rings. The largest absolute Gasteiger partial charge is 0.348 e. The summed E-state index contributed by atoms with van der Waals surface area (Å²) in [6.07, 6.45) is 5.44. The van der Waals surface area contributed by atoms with Gasteiger partial charge in [-0.2, -0.15) is 0 Å². The van der Waals surface area contributed by atoms with Crippen molar-refractivity contribution in [1.29, 1.82) is 0 Å².